The molecular formula is C34H39FN2O3. The number of esters is 1. The zero-order valence-corrected chi connectivity index (χ0v) is 23.3. The van der Waals surface area contributed by atoms with E-state index in [1.54, 1.807) is 18.2 Å². The van der Waals surface area contributed by atoms with Gasteiger partial charge in [0.25, 0.3) is 0 Å². The summed E-state index contributed by atoms with van der Waals surface area (Å²) in [5.41, 5.74) is 6.12. The number of anilines is 1. The Bertz CT molecular complexity index is 1310. The molecule has 2 aliphatic heterocycles. The first-order valence-electron chi connectivity index (χ1n) is 14.7. The molecule has 2 saturated heterocycles. The highest BCUT2D eigenvalue weighted by atomic mass is 19.1. The lowest BCUT2D eigenvalue weighted by Gasteiger charge is -2.42. The molecule has 0 saturated carbocycles. The molecule has 0 unspecified atom stereocenters. The minimum Gasteiger partial charge on any atom is -0.508 e. The van der Waals surface area contributed by atoms with Crippen molar-refractivity contribution in [3.63, 3.8) is 0 Å². The van der Waals surface area contributed by atoms with E-state index >= 15 is 0 Å². The summed E-state index contributed by atoms with van der Waals surface area (Å²) in [4.78, 5) is 16.9. The van der Waals surface area contributed by atoms with E-state index < -0.39 is 0 Å². The number of piperidine rings is 2. The van der Waals surface area contributed by atoms with Crippen molar-refractivity contribution >= 4 is 11.7 Å². The van der Waals surface area contributed by atoms with Crippen molar-refractivity contribution in [3.05, 3.63) is 94.8 Å². The van der Waals surface area contributed by atoms with E-state index in [1.807, 2.05) is 18.2 Å². The molecule has 1 aliphatic carbocycles. The van der Waals surface area contributed by atoms with Crippen LogP contribution in [0.15, 0.2) is 66.7 Å². The van der Waals surface area contributed by atoms with Gasteiger partial charge in [-0.1, -0.05) is 30.3 Å². The van der Waals surface area contributed by atoms with Crippen LogP contribution in [0.25, 0.3) is 0 Å². The van der Waals surface area contributed by atoms with Crippen LogP contribution >= 0.6 is 0 Å². The zero-order valence-electron chi connectivity index (χ0n) is 23.3. The van der Waals surface area contributed by atoms with Crippen LogP contribution in [0, 0.1) is 11.7 Å². The lowest BCUT2D eigenvalue weighted by molar-refractivity contribution is -0.147. The third-order valence-electron chi connectivity index (χ3n) is 9.55. The normalized spacial score (nSPS) is 22.6. The van der Waals surface area contributed by atoms with Gasteiger partial charge in [0.1, 0.15) is 11.6 Å². The number of phenols is 1. The average Bonchev–Trinajstić information content (AvgIpc) is 3.01. The van der Waals surface area contributed by atoms with E-state index in [9.17, 15) is 14.3 Å². The van der Waals surface area contributed by atoms with E-state index in [2.05, 4.69) is 40.1 Å². The van der Waals surface area contributed by atoms with Crippen molar-refractivity contribution in [2.75, 3.05) is 38.2 Å². The molecule has 2 atom stereocenters. The Morgan fingerprint density at radius 3 is 2.20 bits per heavy atom. The van der Waals surface area contributed by atoms with Gasteiger partial charge in [0.15, 0.2) is 0 Å². The molecule has 3 aromatic rings. The quantitative estimate of drug-likeness (QED) is 0.387. The van der Waals surface area contributed by atoms with Crippen molar-refractivity contribution in [1.29, 1.82) is 0 Å². The van der Waals surface area contributed by atoms with E-state index in [0.29, 0.717) is 11.8 Å². The fraction of sp³-hybridized carbons (Fsp3) is 0.441. The number of hydrogen-bond acceptors (Lipinski definition) is 5. The van der Waals surface area contributed by atoms with Crippen LogP contribution in [0.5, 0.6) is 5.75 Å². The lowest BCUT2D eigenvalue weighted by Crippen LogP contribution is -2.48. The number of ether oxygens (including phenoxy) is 1. The molecule has 0 bridgehead atoms. The SMILES string of the molecule is COC(=O)C1CCN(C2CCN(c3ccc([C@@H]4c5ccc(O)cc5CC[C@@H]4c4ccc(F)cc4)cc3)CC2)CC1. The van der Waals surface area contributed by atoms with Crippen LogP contribution < -0.4 is 4.90 Å². The van der Waals surface area contributed by atoms with Gasteiger partial charge in [-0.3, -0.25) is 4.79 Å². The van der Waals surface area contributed by atoms with E-state index in [4.69, 9.17) is 4.74 Å². The first-order valence-corrected chi connectivity index (χ1v) is 14.7. The van der Waals surface area contributed by atoms with E-state index in [-0.39, 0.29) is 29.5 Å². The Labute approximate surface area is 236 Å². The Morgan fingerprint density at radius 2 is 1.52 bits per heavy atom. The van der Waals surface area contributed by atoms with Gasteiger partial charge in [-0.2, -0.15) is 0 Å². The lowest BCUT2D eigenvalue weighted by atomic mass is 9.69. The number of phenolic OH excluding ortho intramolecular Hbond substituents is 1. The predicted molar refractivity (Wildman–Crippen MR) is 155 cm³/mol. The van der Waals surface area contributed by atoms with Gasteiger partial charge in [0.2, 0.25) is 0 Å². The number of methoxy groups -OCH3 is 1. The third-order valence-corrected chi connectivity index (χ3v) is 9.55. The first kappa shape index (κ1) is 26.8. The van der Waals surface area contributed by atoms with Crippen LogP contribution in [0.3, 0.4) is 0 Å². The second kappa shape index (κ2) is 11.6. The summed E-state index contributed by atoms with van der Waals surface area (Å²) in [7, 11) is 1.49. The number of benzene rings is 3. The molecular weight excluding hydrogens is 503 g/mol. The molecule has 210 valence electrons. The molecule has 0 aromatic heterocycles. The molecule has 6 rings (SSSR count). The van der Waals surface area contributed by atoms with Crippen molar-refractivity contribution in [3.8, 4) is 5.75 Å². The van der Waals surface area contributed by atoms with Crippen molar-refractivity contribution in [2.24, 2.45) is 5.92 Å². The molecule has 0 radical (unpaired) electrons. The number of aryl methyl sites for hydroxylation is 1. The van der Waals surface area contributed by atoms with Crippen LogP contribution in [-0.2, 0) is 16.0 Å². The van der Waals surface area contributed by atoms with Gasteiger partial charge in [-0.15, -0.1) is 0 Å². The highest BCUT2D eigenvalue weighted by molar-refractivity contribution is 5.72. The maximum atomic E-state index is 13.7. The summed E-state index contributed by atoms with van der Waals surface area (Å²) >= 11 is 0. The number of halogens is 1. The van der Waals surface area contributed by atoms with Gasteiger partial charge in [-0.25, -0.2) is 4.39 Å². The largest absolute Gasteiger partial charge is 0.508 e. The van der Waals surface area contributed by atoms with Crippen LogP contribution in [0.2, 0.25) is 0 Å². The molecule has 3 aliphatic rings. The van der Waals surface area contributed by atoms with Gasteiger partial charge < -0.3 is 19.6 Å². The van der Waals surface area contributed by atoms with Crippen LogP contribution in [-0.4, -0.2) is 55.3 Å². The van der Waals surface area contributed by atoms with Gasteiger partial charge in [-0.05, 0) is 116 Å². The summed E-state index contributed by atoms with van der Waals surface area (Å²) < 4.78 is 18.7. The maximum Gasteiger partial charge on any atom is 0.308 e. The van der Waals surface area contributed by atoms with Gasteiger partial charge >= 0.3 is 5.97 Å². The smallest absolute Gasteiger partial charge is 0.308 e. The molecule has 3 aromatic carbocycles. The Hall–Kier alpha value is -3.38. The fourth-order valence-electron chi connectivity index (χ4n) is 7.34. The Balaban J connectivity index is 1.15. The second-order valence-corrected chi connectivity index (χ2v) is 11.7. The molecule has 0 spiro atoms. The Morgan fingerprint density at radius 1 is 0.850 bits per heavy atom. The average molecular weight is 543 g/mol. The van der Waals surface area contributed by atoms with Crippen LogP contribution in [0.4, 0.5) is 10.1 Å². The second-order valence-electron chi connectivity index (χ2n) is 11.7. The summed E-state index contributed by atoms with van der Waals surface area (Å²) in [6, 6.07) is 22.4. The molecule has 1 N–H and O–H groups in total. The molecule has 5 nitrogen and oxygen atoms in total. The number of likely N-dealkylation sites (tertiary alicyclic amines) is 1. The monoisotopic (exact) mass is 542 g/mol. The number of fused-ring (bicyclic) bond motifs is 1. The predicted octanol–water partition coefficient (Wildman–Crippen LogP) is 6.25. The number of rotatable bonds is 5. The summed E-state index contributed by atoms with van der Waals surface area (Å²) in [5, 5.41) is 10.1. The number of carbonyl (C=O) groups is 1. The van der Waals surface area contributed by atoms with Crippen molar-refractivity contribution in [2.45, 2.75) is 56.4 Å². The topological polar surface area (TPSA) is 53.0 Å². The summed E-state index contributed by atoms with van der Waals surface area (Å²) in [6.45, 7) is 4.03. The maximum absolute atomic E-state index is 13.7. The third kappa shape index (κ3) is 5.46. The number of aromatic hydroxyl groups is 1. The first-order chi connectivity index (χ1) is 19.5. The van der Waals surface area contributed by atoms with E-state index in [1.165, 1.54) is 29.5 Å². The highest BCUT2D eigenvalue weighted by Gasteiger charge is 2.33. The molecule has 6 heteroatoms. The zero-order chi connectivity index (χ0) is 27.6. The highest BCUT2D eigenvalue weighted by Crippen LogP contribution is 2.47. The minimum atomic E-state index is -0.208. The van der Waals surface area contributed by atoms with Crippen molar-refractivity contribution in [1.82, 2.24) is 4.90 Å². The molecule has 2 fully saturated rings. The number of carbonyl (C=O) groups excluding carboxylic acids is 1. The molecule has 2 heterocycles. The fourth-order valence-corrected chi connectivity index (χ4v) is 7.34. The number of nitrogens with zero attached hydrogens (tertiary/aromatic N) is 2. The van der Waals surface area contributed by atoms with E-state index in [0.717, 1.165) is 70.3 Å². The Kier molecular flexibility index (Phi) is 7.79. The standard InChI is InChI=1S/C34H39FN2O3/c1-40-34(39)25-14-18-36(19-15-25)29-16-20-37(21-17-29)28-9-4-24(5-10-28)33-31(23-2-7-27(35)8-3-23)12-6-26-22-30(38)11-13-32(26)33/h2-5,7-11,13,22,25,29,31,33,38H,6,12,14-21H2,1H3/t31-,33+/m1/s1. The van der Waals surface area contributed by atoms with Crippen molar-refractivity contribution < 1.29 is 19.0 Å². The minimum absolute atomic E-state index is 0.0586. The summed E-state index contributed by atoms with van der Waals surface area (Å²) in [5.74, 6) is 0.510. The summed E-state index contributed by atoms with van der Waals surface area (Å²) in [6.07, 6.45) is 5.93. The molecule has 0 amide bonds. The van der Waals surface area contributed by atoms with Crippen LogP contribution in [0.1, 0.15) is 66.2 Å². The molecule has 40 heavy (non-hydrogen) atoms. The number of hydrogen-bond donors (Lipinski definition) is 1. The van der Waals surface area contributed by atoms with Gasteiger partial charge in [0, 0.05) is 30.7 Å². The van der Waals surface area contributed by atoms with Gasteiger partial charge in [0.05, 0.1) is 13.0 Å².